The number of carbonyl (C=O) groups excluding carboxylic acids is 2. The second-order valence-corrected chi connectivity index (χ2v) is 8.09. The van der Waals surface area contributed by atoms with Crippen LogP contribution in [0.15, 0.2) is 47.8 Å². The number of amides is 1. The average Bonchev–Trinajstić information content (AvgIpc) is 3.18. The number of thiophene rings is 1. The van der Waals surface area contributed by atoms with Gasteiger partial charge in [-0.15, -0.1) is 11.3 Å². The molecule has 0 fully saturated rings. The Morgan fingerprint density at radius 2 is 1.84 bits per heavy atom. The molecule has 0 saturated heterocycles. The normalized spacial score (nSPS) is 10.6. The molecule has 1 amide bonds. The summed E-state index contributed by atoms with van der Waals surface area (Å²) in [4.78, 5) is 25.2. The molecule has 0 unspecified atom stereocenters. The Morgan fingerprint density at radius 1 is 1.03 bits per heavy atom. The molecule has 0 bridgehead atoms. The molecule has 0 saturated carbocycles. The minimum atomic E-state index is -0.455. The summed E-state index contributed by atoms with van der Waals surface area (Å²) >= 11 is 1.30. The molecule has 0 spiro atoms. The average molecular weight is 438 g/mol. The highest BCUT2D eigenvalue weighted by Gasteiger charge is 2.23. The van der Waals surface area contributed by atoms with Gasteiger partial charge in [-0.3, -0.25) is 4.79 Å². The number of ether oxygens (including phenoxy) is 2. The number of aryl methyl sites for hydroxylation is 3. The molecule has 2 aromatic carbocycles. The van der Waals surface area contributed by atoms with Crippen molar-refractivity contribution in [3.05, 3.63) is 70.1 Å². The van der Waals surface area contributed by atoms with E-state index in [0.717, 1.165) is 28.7 Å². The molecular formula is C25H27NO4S. The lowest BCUT2D eigenvalue weighted by molar-refractivity contribution is -0.118. The minimum Gasteiger partial charge on any atom is -0.484 e. The first-order chi connectivity index (χ1) is 14.9. The molecule has 5 nitrogen and oxygen atoms in total. The predicted octanol–water partition coefficient (Wildman–Crippen LogP) is 5.79. The lowest BCUT2D eigenvalue weighted by Crippen LogP contribution is -2.21. The van der Waals surface area contributed by atoms with Crippen LogP contribution in [0.5, 0.6) is 5.75 Å². The fourth-order valence-electron chi connectivity index (χ4n) is 3.14. The van der Waals surface area contributed by atoms with Crippen LogP contribution in [0.25, 0.3) is 11.1 Å². The molecule has 1 N–H and O–H groups in total. The molecule has 0 aliphatic rings. The van der Waals surface area contributed by atoms with Gasteiger partial charge in [-0.05, 0) is 61.6 Å². The Bertz CT molecular complexity index is 1090. The summed E-state index contributed by atoms with van der Waals surface area (Å²) in [6, 6.07) is 13.7. The third kappa shape index (κ3) is 5.52. The highest BCUT2D eigenvalue weighted by molar-refractivity contribution is 7.15. The van der Waals surface area contributed by atoms with Crippen molar-refractivity contribution in [1.29, 1.82) is 0 Å². The van der Waals surface area contributed by atoms with Crippen LogP contribution in [0.4, 0.5) is 5.00 Å². The zero-order valence-electron chi connectivity index (χ0n) is 18.3. The SMILES string of the molecule is CCOC(=O)c1c(-c2ccc(C)c(C)c2)csc1NC(=O)COc1cccc(CC)c1. The summed E-state index contributed by atoms with van der Waals surface area (Å²) in [5.41, 5.74) is 5.48. The van der Waals surface area contributed by atoms with Gasteiger partial charge in [0, 0.05) is 10.9 Å². The number of rotatable bonds is 8. The van der Waals surface area contributed by atoms with Crippen LogP contribution in [-0.2, 0) is 16.0 Å². The van der Waals surface area contributed by atoms with Crippen molar-refractivity contribution in [2.45, 2.75) is 34.1 Å². The molecule has 1 heterocycles. The number of benzene rings is 2. The van der Waals surface area contributed by atoms with Crippen molar-refractivity contribution in [1.82, 2.24) is 0 Å². The van der Waals surface area contributed by atoms with Gasteiger partial charge in [-0.1, -0.05) is 37.3 Å². The monoisotopic (exact) mass is 437 g/mol. The van der Waals surface area contributed by atoms with E-state index in [1.165, 1.54) is 16.9 Å². The Hall–Kier alpha value is -3.12. The predicted molar refractivity (Wildman–Crippen MR) is 125 cm³/mol. The van der Waals surface area contributed by atoms with Crippen LogP contribution in [0.2, 0.25) is 0 Å². The second-order valence-electron chi connectivity index (χ2n) is 7.21. The highest BCUT2D eigenvalue weighted by Crippen LogP contribution is 2.37. The molecule has 3 rings (SSSR count). The summed E-state index contributed by atoms with van der Waals surface area (Å²) in [7, 11) is 0. The van der Waals surface area contributed by atoms with Gasteiger partial charge < -0.3 is 14.8 Å². The third-order valence-corrected chi connectivity index (χ3v) is 5.91. The number of nitrogens with one attached hydrogen (secondary N) is 1. The Morgan fingerprint density at radius 3 is 2.55 bits per heavy atom. The van der Waals surface area contributed by atoms with E-state index >= 15 is 0 Å². The van der Waals surface area contributed by atoms with Gasteiger partial charge in [0.25, 0.3) is 5.91 Å². The molecule has 6 heteroatoms. The van der Waals surface area contributed by atoms with Gasteiger partial charge >= 0.3 is 5.97 Å². The fraction of sp³-hybridized carbons (Fsp3) is 0.280. The zero-order chi connectivity index (χ0) is 22.4. The van der Waals surface area contributed by atoms with Crippen molar-refractivity contribution in [3.63, 3.8) is 0 Å². The fourth-order valence-corrected chi connectivity index (χ4v) is 4.12. The van der Waals surface area contributed by atoms with E-state index in [9.17, 15) is 9.59 Å². The van der Waals surface area contributed by atoms with Crippen LogP contribution < -0.4 is 10.1 Å². The maximum absolute atomic E-state index is 12.7. The van der Waals surface area contributed by atoms with Gasteiger partial charge in [-0.25, -0.2) is 4.79 Å². The Balaban J connectivity index is 1.81. The molecule has 0 atom stereocenters. The van der Waals surface area contributed by atoms with Crippen LogP contribution in [0.1, 0.15) is 40.9 Å². The van der Waals surface area contributed by atoms with Crippen LogP contribution in [0.3, 0.4) is 0 Å². The molecule has 0 aliphatic carbocycles. The van der Waals surface area contributed by atoms with Gasteiger partial charge in [0.1, 0.15) is 16.3 Å². The molecule has 1 aromatic heterocycles. The van der Waals surface area contributed by atoms with Crippen molar-refractivity contribution in [3.8, 4) is 16.9 Å². The van der Waals surface area contributed by atoms with Gasteiger partial charge in [0.2, 0.25) is 0 Å². The van der Waals surface area contributed by atoms with Gasteiger partial charge in [0.15, 0.2) is 6.61 Å². The van der Waals surface area contributed by atoms with E-state index < -0.39 is 5.97 Å². The third-order valence-electron chi connectivity index (χ3n) is 5.02. The van der Waals surface area contributed by atoms with Crippen molar-refractivity contribution < 1.29 is 19.1 Å². The maximum Gasteiger partial charge on any atom is 0.341 e. The smallest absolute Gasteiger partial charge is 0.341 e. The van der Waals surface area contributed by atoms with E-state index in [4.69, 9.17) is 9.47 Å². The molecule has 31 heavy (non-hydrogen) atoms. The number of hydrogen-bond donors (Lipinski definition) is 1. The molecule has 0 aliphatic heterocycles. The van der Waals surface area contributed by atoms with E-state index in [-0.39, 0.29) is 19.1 Å². The lowest BCUT2D eigenvalue weighted by Gasteiger charge is -2.11. The summed E-state index contributed by atoms with van der Waals surface area (Å²) in [5.74, 6) is -0.146. The largest absolute Gasteiger partial charge is 0.484 e. The molecule has 162 valence electrons. The minimum absolute atomic E-state index is 0.147. The molecule has 3 aromatic rings. The zero-order valence-corrected chi connectivity index (χ0v) is 19.1. The topological polar surface area (TPSA) is 64.6 Å². The number of carbonyl (C=O) groups is 2. The Kier molecular flexibility index (Phi) is 7.47. The standard InChI is InChI=1S/C25H27NO4S/c1-5-18-8-7-9-20(13-18)30-14-22(27)26-24-23(25(28)29-6-2)21(15-31-24)19-11-10-16(3)17(4)12-19/h7-13,15H,5-6,14H2,1-4H3,(H,26,27). The first-order valence-corrected chi connectivity index (χ1v) is 11.2. The van der Waals surface area contributed by atoms with E-state index in [2.05, 4.69) is 12.2 Å². The van der Waals surface area contributed by atoms with E-state index in [1.807, 2.05) is 61.7 Å². The number of anilines is 1. The van der Waals surface area contributed by atoms with Crippen LogP contribution in [-0.4, -0.2) is 25.1 Å². The number of hydrogen-bond acceptors (Lipinski definition) is 5. The summed E-state index contributed by atoms with van der Waals surface area (Å²) < 4.78 is 10.9. The molecule has 0 radical (unpaired) electrons. The highest BCUT2D eigenvalue weighted by atomic mass is 32.1. The summed E-state index contributed by atoms with van der Waals surface area (Å²) in [6.07, 6.45) is 0.892. The second kappa shape index (κ2) is 10.3. The Labute approximate surface area is 187 Å². The van der Waals surface area contributed by atoms with Crippen molar-refractivity contribution in [2.75, 3.05) is 18.5 Å². The summed E-state index contributed by atoms with van der Waals surface area (Å²) in [6.45, 7) is 8.00. The van der Waals surface area contributed by atoms with E-state index in [1.54, 1.807) is 6.92 Å². The lowest BCUT2D eigenvalue weighted by atomic mass is 9.99. The van der Waals surface area contributed by atoms with Gasteiger partial charge in [-0.2, -0.15) is 0 Å². The first kappa shape index (κ1) is 22.6. The quantitative estimate of drug-likeness (QED) is 0.453. The van der Waals surface area contributed by atoms with Crippen LogP contribution >= 0.6 is 11.3 Å². The summed E-state index contributed by atoms with van der Waals surface area (Å²) in [5, 5.41) is 5.15. The molecular weight excluding hydrogens is 410 g/mol. The number of esters is 1. The van der Waals surface area contributed by atoms with E-state index in [0.29, 0.717) is 16.3 Å². The van der Waals surface area contributed by atoms with Crippen molar-refractivity contribution >= 4 is 28.2 Å². The van der Waals surface area contributed by atoms with Crippen molar-refractivity contribution in [2.24, 2.45) is 0 Å². The first-order valence-electron chi connectivity index (χ1n) is 10.3. The van der Waals surface area contributed by atoms with Gasteiger partial charge in [0.05, 0.1) is 6.61 Å². The maximum atomic E-state index is 12.7. The van der Waals surface area contributed by atoms with Crippen LogP contribution in [0, 0.1) is 13.8 Å².